The van der Waals surface area contributed by atoms with Gasteiger partial charge < -0.3 is 9.47 Å². The number of carbonyl (C=O) groups excluding carboxylic acids is 2. The predicted octanol–water partition coefficient (Wildman–Crippen LogP) is -0.542. The van der Waals surface area contributed by atoms with E-state index in [2.05, 4.69) is 0 Å². The van der Waals surface area contributed by atoms with Gasteiger partial charge in [-0.25, -0.2) is 9.69 Å². The van der Waals surface area contributed by atoms with E-state index in [1.54, 1.807) is 0 Å². The highest BCUT2D eigenvalue weighted by atomic mass is 16.5. The second-order valence-corrected chi connectivity index (χ2v) is 2.64. The minimum Gasteiger partial charge on any atom is -0.364 e. The van der Waals surface area contributed by atoms with Crippen LogP contribution in [0, 0.1) is 0 Å². The molecule has 0 aliphatic carbocycles. The van der Waals surface area contributed by atoms with Gasteiger partial charge in [-0.05, 0) is 0 Å². The fourth-order valence-electron chi connectivity index (χ4n) is 1.11. The third-order valence-corrected chi connectivity index (χ3v) is 1.67. The third kappa shape index (κ3) is 1.96. The molecule has 0 aromatic rings. The molecule has 1 aliphatic rings. The van der Waals surface area contributed by atoms with Gasteiger partial charge >= 0.3 is 6.03 Å². The summed E-state index contributed by atoms with van der Waals surface area (Å²) in [4.78, 5) is 24.9. The Hall–Kier alpha value is -1.14. The first-order valence-electron chi connectivity index (χ1n) is 3.78. The highest BCUT2D eigenvalue weighted by Crippen LogP contribution is 2.09. The van der Waals surface area contributed by atoms with E-state index in [4.69, 9.17) is 9.47 Å². The Balaban J connectivity index is 2.58. The summed E-state index contributed by atoms with van der Waals surface area (Å²) in [7, 11) is 2.90. The lowest BCUT2D eigenvalue weighted by Gasteiger charge is -2.14. The van der Waals surface area contributed by atoms with Crippen molar-refractivity contribution >= 4 is 11.9 Å². The molecular weight excluding hydrogens is 176 g/mol. The summed E-state index contributed by atoms with van der Waals surface area (Å²) in [5.74, 6) is -0.260. The minimum atomic E-state index is -0.367. The zero-order chi connectivity index (χ0) is 9.84. The summed E-state index contributed by atoms with van der Waals surface area (Å²) >= 11 is 0. The van der Waals surface area contributed by atoms with Crippen LogP contribution in [0.2, 0.25) is 0 Å². The molecule has 6 nitrogen and oxygen atoms in total. The Bertz CT molecular complexity index is 219. The quantitative estimate of drug-likeness (QED) is 0.556. The largest absolute Gasteiger partial charge is 0.364 e. The topological polar surface area (TPSA) is 59.1 Å². The van der Waals surface area contributed by atoms with Crippen molar-refractivity contribution < 1.29 is 19.1 Å². The number of hydrogen-bond donors (Lipinski definition) is 0. The first-order valence-corrected chi connectivity index (χ1v) is 3.78. The van der Waals surface area contributed by atoms with Gasteiger partial charge in [-0.3, -0.25) is 9.69 Å². The molecule has 0 unspecified atom stereocenters. The number of carbonyl (C=O) groups is 2. The van der Waals surface area contributed by atoms with Gasteiger partial charge in [-0.2, -0.15) is 0 Å². The molecule has 1 heterocycles. The van der Waals surface area contributed by atoms with Crippen molar-refractivity contribution in [3.63, 3.8) is 0 Å². The molecular formula is C7H12N2O4. The number of amides is 3. The number of nitrogens with zero attached hydrogens (tertiary/aromatic N) is 2. The normalized spacial score (nSPS) is 17.4. The Labute approximate surface area is 76.0 Å². The van der Waals surface area contributed by atoms with Crippen LogP contribution in [0.5, 0.6) is 0 Å². The molecule has 3 amide bonds. The number of methoxy groups -OCH3 is 2. The number of rotatable bonds is 4. The van der Waals surface area contributed by atoms with Crippen molar-refractivity contribution in [3.8, 4) is 0 Å². The Morgan fingerprint density at radius 1 is 1.23 bits per heavy atom. The molecule has 1 rings (SSSR count). The summed E-state index contributed by atoms with van der Waals surface area (Å²) in [6.45, 7) is 0.193. The van der Waals surface area contributed by atoms with Crippen LogP contribution in [0.1, 0.15) is 0 Å². The second kappa shape index (κ2) is 4.20. The van der Waals surface area contributed by atoms with Crippen LogP contribution in [0.3, 0.4) is 0 Å². The van der Waals surface area contributed by atoms with Crippen molar-refractivity contribution in [3.05, 3.63) is 0 Å². The van der Waals surface area contributed by atoms with E-state index in [0.29, 0.717) is 0 Å². The fraction of sp³-hybridized carbons (Fsp3) is 0.714. The highest BCUT2D eigenvalue weighted by molar-refractivity contribution is 6.01. The van der Waals surface area contributed by atoms with Crippen molar-refractivity contribution in [2.45, 2.75) is 0 Å². The Morgan fingerprint density at radius 2 is 1.85 bits per heavy atom. The molecule has 0 bridgehead atoms. The number of imide groups is 1. The molecule has 0 spiro atoms. The average Bonchev–Trinajstić information content (AvgIpc) is 2.34. The average molecular weight is 188 g/mol. The number of hydrogen-bond acceptors (Lipinski definition) is 4. The molecule has 0 N–H and O–H groups in total. The maximum atomic E-state index is 11.4. The van der Waals surface area contributed by atoms with Crippen molar-refractivity contribution in [1.82, 2.24) is 9.80 Å². The van der Waals surface area contributed by atoms with E-state index in [0.717, 1.165) is 4.90 Å². The first kappa shape index (κ1) is 9.94. The van der Waals surface area contributed by atoms with E-state index in [-0.39, 0.29) is 31.9 Å². The smallest absolute Gasteiger partial charge is 0.330 e. The summed E-state index contributed by atoms with van der Waals surface area (Å²) in [6.07, 6.45) is 0. The summed E-state index contributed by atoms with van der Waals surface area (Å²) in [6, 6.07) is -0.367. The maximum absolute atomic E-state index is 11.4. The monoisotopic (exact) mass is 188 g/mol. The summed E-state index contributed by atoms with van der Waals surface area (Å²) in [5, 5.41) is 0. The molecule has 0 aromatic carbocycles. The van der Waals surface area contributed by atoms with E-state index >= 15 is 0 Å². The van der Waals surface area contributed by atoms with Gasteiger partial charge in [0.25, 0.3) is 5.91 Å². The molecule has 0 atom stereocenters. The lowest BCUT2D eigenvalue weighted by molar-refractivity contribution is -0.128. The van der Waals surface area contributed by atoms with Crippen molar-refractivity contribution in [2.75, 3.05) is 34.2 Å². The van der Waals surface area contributed by atoms with Gasteiger partial charge in [0.2, 0.25) is 0 Å². The second-order valence-electron chi connectivity index (χ2n) is 2.64. The molecule has 1 fully saturated rings. The van der Waals surface area contributed by atoms with E-state index in [9.17, 15) is 9.59 Å². The number of ether oxygens (including phenoxy) is 2. The van der Waals surface area contributed by atoms with Gasteiger partial charge in [-0.15, -0.1) is 0 Å². The summed E-state index contributed by atoms with van der Waals surface area (Å²) < 4.78 is 9.47. The van der Waals surface area contributed by atoms with Gasteiger partial charge in [0.1, 0.15) is 20.0 Å². The van der Waals surface area contributed by atoms with Crippen LogP contribution in [0.25, 0.3) is 0 Å². The SMILES string of the molecule is COCN1CC(=O)N(COC)C1=O. The maximum Gasteiger partial charge on any atom is 0.330 e. The molecule has 0 radical (unpaired) electrons. The van der Waals surface area contributed by atoms with Gasteiger partial charge in [0, 0.05) is 14.2 Å². The van der Waals surface area contributed by atoms with Crippen LogP contribution < -0.4 is 0 Å². The van der Waals surface area contributed by atoms with Gasteiger partial charge in [-0.1, -0.05) is 0 Å². The van der Waals surface area contributed by atoms with E-state index in [1.807, 2.05) is 0 Å². The standard InChI is InChI=1S/C7H12N2O4/c1-12-4-8-3-6(10)9(5-13-2)7(8)11/h3-5H2,1-2H3. The van der Waals surface area contributed by atoms with E-state index < -0.39 is 0 Å². The highest BCUT2D eigenvalue weighted by Gasteiger charge is 2.35. The lowest BCUT2D eigenvalue weighted by atomic mass is 10.6. The molecule has 74 valence electrons. The predicted molar refractivity (Wildman–Crippen MR) is 42.7 cm³/mol. The van der Waals surface area contributed by atoms with E-state index in [1.165, 1.54) is 19.1 Å². The first-order chi connectivity index (χ1) is 6.20. The summed E-state index contributed by atoms with van der Waals surface area (Å²) in [5.41, 5.74) is 0. The Morgan fingerprint density at radius 3 is 2.38 bits per heavy atom. The Kier molecular flexibility index (Phi) is 3.21. The minimum absolute atomic E-state index is 0.00210. The van der Waals surface area contributed by atoms with Crippen LogP contribution in [-0.4, -0.2) is 56.0 Å². The molecule has 1 saturated heterocycles. The van der Waals surface area contributed by atoms with Crippen LogP contribution >= 0.6 is 0 Å². The fourth-order valence-corrected chi connectivity index (χ4v) is 1.11. The van der Waals surface area contributed by atoms with Crippen LogP contribution in [-0.2, 0) is 14.3 Å². The van der Waals surface area contributed by atoms with Crippen molar-refractivity contribution in [1.29, 1.82) is 0 Å². The van der Waals surface area contributed by atoms with Gasteiger partial charge in [0.15, 0.2) is 0 Å². The zero-order valence-corrected chi connectivity index (χ0v) is 7.65. The molecule has 13 heavy (non-hydrogen) atoms. The lowest BCUT2D eigenvalue weighted by Crippen LogP contribution is -2.35. The molecule has 1 aliphatic heterocycles. The van der Waals surface area contributed by atoms with Crippen LogP contribution in [0.15, 0.2) is 0 Å². The number of urea groups is 1. The van der Waals surface area contributed by atoms with Crippen molar-refractivity contribution in [2.24, 2.45) is 0 Å². The molecule has 0 aromatic heterocycles. The molecule has 0 saturated carbocycles. The molecule has 6 heteroatoms. The third-order valence-electron chi connectivity index (χ3n) is 1.67. The zero-order valence-electron chi connectivity index (χ0n) is 7.65. The van der Waals surface area contributed by atoms with Crippen LogP contribution in [0.4, 0.5) is 4.79 Å². The van der Waals surface area contributed by atoms with Gasteiger partial charge in [0.05, 0.1) is 0 Å².